The van der Waals surface area contributed by atoms with E-state index in [9.17, 15) is 0 Å². The quantitative estimate of drug-likeness (QED) is 0.717. The van der Waals surface area contributed by atoms with Crippen molar-refractivity contribution < 1.29 is 0 Å². The van der Waals surface area contributed by atoms with E-state index in [1.54, 1.807) is 0 Å². The van der Waals surface area contributed by atoms with Gasteiger partial charge in [-0.15, -0.1) is 0 Å². The van der Waals surface area contributed by atoms with Crippen LogP contribution >= 0.6 is 11.6 Å². The second-order valence-corrected chi connectivity index (χ2v) is 4.08. The van der Waals surface area contributed by atoms with Crippen molar-refractivity contribution in [3.05, 3.63) is 46.5 Å². The van der Waals surface area contributed by atoms with E-state index >= 15 is 0 Å². The molecule has 1 aliphatic rings. The molecule has 0 radical (unpaired) electrons. The Morgan fingerprint density at radius 1 is 1.12 bits per heavy atom. The maximum absolute atomic E-state index is 7.69. The van der Waals surface area contributed by atoms with E-state index in [0.29, 0.717) is 10.9 Å². The highest BCUT2D eigenvalue weighted by Crippen LogP contribution is 2.30. The molecule has 3 N–H and O–H groups in total. The van der Waals surface area contributed by atoms with Crippen LogP contribution in [0.2, 0.25) is 5.02 Å². The molecule has 0 aliphatic carbocycles. The van der Waals surface area contributed by atoms with Crippen molar-refractivity contribution in [3.63, 3.8) is 0 Å². The van der Waals surface area contributed by atoms with Crippen LogP contribution < -0.4 is 5.73 Å². The van der Waals surface area contributed by atoms with Gasteiger partial charge in [0.2, 0.25) is 0 Å². The fourth-order valence-corrected chi connectivity index (χ4v) is 2.27. The minimum Gasteiger partial charge on any atom is -0.383 e. The molecule has 0 unspecified atom stereocenters. The molecule has 2 aromatic carbocycles. The Bertz CT molecular complexity index is 659. The molecule has 1 heterocycles. The van der Waals surface area contributed by atoms with E-state index in [2.05, 4.69) is 4.99 Å². The Labute approximate surface area is 97.1 Å². The van der Waals surface area contributed by atoms with Crippen molar-refractivity contribution in [2.24, 2.45) is 10.7 Å². The van der Waals surface area contributed by atoms with Crippen LogP contribution in [0, 0.1) is 5.41 Å². The maximum Gasteiger partial charge on any atom is 0.154 e. The Kier molecular flexibility index (Phi) is 1.79. The summed E-state index contributed by atoms with van der Waals surface area (Å²) in [5, 5.41) is 10.3. The van der Waals surface area contributed by atoms with Crippen LogP contribution in [0.15, 0.2) is 35.3 Å². The van der Waals surface area contributed by atoms with Gasteiger partial charge < -0.3 is 5.73 Å². The van der Waals surface area contributed by atoms with Gasteiger partial charge in [0.15, 0.2) is 5.84 Å². The number of halogens is 1. The van der Waals surface area contributed by atoms with Crippen LogP contribution in [0.25, 0.3) is 10.8 Å². The fourth-order valence-electron chi connectivity index (χ4n) is 2.03. The summed E-state index contributed by atoms with van der Waals surface area (Å²) in [6.45, 7) is 0. The Morgan fingerprint density at radius 2 is 1.94 bits per heavy atom. The van der Waals surface area contributed by atoms with Crippen molar-refractivity contribution in [2.45, 2.75) is 0 Å². The third kappa shape index (κ3) is 1.09. The minimum atomic E-state index is 0.217. The van der Waals surface area contributed by atoms with E-state index in [1.165, 1.54) is 0 Å². The topological polar surface area (TPSA) is 62.2 Å². The van der Waals surface area contributed by atoms with Crippen LogP contribution in [0.4, 0.5) is 0 Å². The van der Waals surface area contributed by atoms with Crippen LogP contribution in [-0.4, -0.2) is 11.7 Å². The zero-order valence-electron chi connectivity index (χ0n) is 8.29. The molecule has 0 saturated heterocycles. The minimum absolute atomic E-state index is 0.217. The number of rotatable bonds is 0. The molecule has 0 bridgehead atoms. The summed E-state index contributed by atoms with van der Waals surface area (Å²) in [5.74, 6) is 0.613. The number of nitrogens with one attached hydrogen (secondary N) is 1. The van der Waals surface area contributed by atoms with Crippen molar-refractivity contribution in [2.75, 3.05) is 0 Å². The first-order chi connectivity index (χ1) is 7.68. The van der Waals surface area contributed by atoms with Crippen LogP contribution in [0.3, 0.4) is 0 Å². The molecular formula is C12H8ClN3. The smallest absolute Gasteiger partial charge is 0.154 e. The van der Waals surface area contributed by atoms with Crippen molar-refractivity contribution in [1.29, 1.82) is 5.41 Å². The predicted octanol–water partition coefficient (Wildman–Crippen LogP) is 2.54. The molecule has 3 rings (SSSR count). The van der Waals surface area contributed by atoms with E-state index in [1.807, 2.05) is 30.3 Å². The first kappa shape index (κ1) is 9.36. The molecule has 0 atom stereocenters. The molecule has 0 spiro atoms. The van der Waals surface area contributed by atoms with Gasteiger partial charge in [0.05, 0.1) is 0 Å². The molecule has 78 valence electrons. The molecule has 2 aromatic rings. The summed E-state index contributed by atoms with van der Waals surface area (Å²) >= 11 is 6.11. The lowest BCUT2D eigenvalue weighted by molar-refractivity contribution is 1.45. The third-order valence-corrected chi connectivity index (χ3v) is 3.08. The Hall–Kier alpha value is -1.87. The number of hydrogen-bond donors (Lipinski definition) is 2. The summed E-state index contributed by atoms with van der Waals surface area (Å²) in [7, 11) is 0. The summed E-state index contributed by atoms with van der Waals surface area (Å²) in [6.07, 6.45) is 0. The zero-order chi connectivity index (χ0) is 11.3. The normalized spacial score (nSPS) is 14.1. The van der Waals surface area contributed by atoms with Crippen LogP contribution in [-0.2, 0) is 0 Å². The SMILES string of the molecule is N=C1N=C(N)c2c1ccc1c(Cl)cccc21. The van der Waals surface area contributed by atoms with Gasteiger partial charge in [0.1, 0.15) is 5.84 Å². The Morgan fingerprint density at radius 3 is 2.75 bits per heavy atom. The second-order valence-electron chi connectivity index (χ2n) is 3.67. The molecule has 0 saturated carbocycles. The average molecular weight is 230 g/mol. The first-order valence-electron chi connectivity index (χ1n) is 4.83. The highest BCUT2D eigenvalue weighted by molar-refractivity contribution is 6.37. The lowest BCUT2D eigenvalue weighted by atomic mass is 9.99. The van der Waals surface area contributed by atoms with E-state index in [4.69, 9.17) is 22.7 Å². The van der Waals surface area contributed by atoms with Crippen molar-refractivity contribution in [3.8, 4) is 0 Å². The predicted molar refractivity (Wildman–Crippen MR) is 66.5 cm³/mol. The Balaban J connectivity index is 2.51. The molecule has 0 fully saturated rings. The van der Waals surface area contributed by atoms with E-state index in [0.717, 1.165) is 21.9 Å². The summed E-state index contributed by atoms with van der Waals surface area (Å²) < 4.78 is 0. The van der Waals surface area contributed by atoms with Gasteiger partial charge in [-0.05, 0) is 17.5 Å². The van der Waals surface area contributed by atoms with Crippen LogP contribution in [0.1, 0.15) is 11.1 Å². The highest BCUT2D eigenvalue weighted by atomic mass is 35.5. The standard InChI is InChI=1S/C12H8ClN3/c13-9-3-1-2-7-6(9)4-5-8-10(7)12(15)16-11(8)14/h1-5H,(H3,14,15,16). The number of fused-ring (bicyclic) bond motifs is 3. The monoisotopic (exact) mass is 229 g/mol. The first-order valence-corrected chi connectivity index (χ1v) is 5.21. The number of hydrogen-bond acceptors (Lipinski definition) is 2. The largest absolute Gasteiger partial charge is 0.383 e. The van der Waals surface area contributed by atoms with Gasteiger partial charge in [-0.2, -0.15) is 0 Å². The number of benzene rings is 2. The van der Waals surface area contributed by atoms with E-state index in [-0.39, 0.29) is 5.84 Å². The number of nitrogens with two attached hydrogens (primary N) is 1. The summed E-state index contributed by atoms with van der Waals surface area (Å²) in [5.41, 5.74) is 7.41. The van der Waals surface area contributed by atoms with Gasteiger partial charge >= 0.3 is 0 Å². The lowest BCUT2D eigenvalue weighted by Crippen LogP contribution is -2.10. The fraction of sp³-hybridized carbons (Fsp3) is 0. The van der Waals surface area contributed by atoms with Crippen LogP contribution in [0.5, 0.6) is 0 Å². The van der Waals surface area contributed by atoms with Gasteiger partial charge in [0, 0.05) is 21.5 Å². The average Bonchev–Trinajstić information content (AvgIpc) is 2.55. The molecule has 0 aromatic heterocycles. The van der Waals surface area contributed by atoms with Gasteiger partial charge in [-0.25, -0.2) is 4.99 Å². The number of amidine groups is 2. The highest BCUT2D eigenvalue weighted by Gasteiger charge is 2.21. The molecule has 16 heavy (non-hydrogen) atoms. The molecule has 4 heteroatoms. The molecule has 3 nitrogen and oxygen atoms in total. The van der Waals surface area contributed by atoms with Crippen molar-refractivity contribution in [1.82, 2.24) is 0 Å². The number of nitrogens with zero attached hydrogens (tertiary/aromatic N) is 1. The van der Waals surface area contributed by atoms with Gasteiger partial charge in [0.25, 0.3) is 0 Å². The zero-order valence-corrected chi connectivity index (χ0v) is 9.05. The molecule has 1 aliphatic heterocycles. The molecule has 0 amide bonds. The summed E-state index contributed by atoms with van der Waals surface area (Å²) in [6, 6.07) is 9.40. The summed E-state index contributed by atoms with van der Waals surface area (Å²) in [4.78, 5) is 3.97. The van der Waals surface area contributed by atoms with Crippen molar-refractivity contribution >= 4 is 34.0 Å². The lowest BCUT2D eigenvalue weighted by Gasteiger charge is -2.06. The molecular weight excluding hydrogens is 222 g/mol. The van der Waals surface area contributed by atoms with E-state index < -0.39 is 0 Å². The maximum atomic E-state index is 7.69. The van der Waals surface area contributed by atoms with Gasteiger partial charge in [-0.1, -0.05) is 29.8 Å². The third-order valence-electron chi connectivity index (χ3n) is 2.75. The number of aliphatic imine (C=N–C) groups is 1. The second kappa shape index (κ2) is 3.06. The van der Waals surface area contributed by atoms with Gasteiger partial charge in [-0.3, -0.25) is 5.41 Å².